The maximum absolute atomic E-state index is 12.7. The van der Waals surface area contributed by atoms with E-state index in [-0.39, 0.29) is 11.9 Å². The molecule has 0 radical (unpaired) electrons. The van der Waals surface area contributed by atoms with Crippen molar-refractivity contribution in [3.05, 3.63) is 35.7 Å². The van der Waals surface area contributed by atoms with Crippen molar-refractivity contribution in [3.8, 4) is 5.75 Å². The average molecular weight is 359 g/mol. The molecule has 6 nitrogen and oxygen atoms in total. The van der Waals surface area contributed by atoms with Crippen molar-refractivity contribution >= 4 is 39.7 Å². The van der Waals surface area contributed by atoms with Crippen LogP contribution in [-0.4, -0.2) is 25.1 Å². The molecule has 25 heavy (non-hydrogen) atoms. The zero-order valence-corrected chi connectivity index (χ0v) is 15.3. The molecule has 0 saturated heterocycles. The van der Waals surface area contributed by atoms with Crippen molar-refractivity contribution in [2.45, 2.75) is 20.8 Å². The van der Waals surface area contributed by atoms with Crippen LogP contribution in [0.1, 0.15) is 20.8 Å². The van der Waals surface area contributed by atoms with Gasteiger partial charge in [0.2, 0.25) is 5.91 Å². The number of carbonyl (C=O) groups excluding carboxylic acids is 2. The Morgan fingerprint density at radius 1 is 1.32 bits per heavy atom. The molecule has 0 aliphatic carbocycles. The van der Waals surface area contributed by atoms with E-state index >= 15 is 0 Å². The van der Waals surface area contributed by atoms with E-state index in [1.165, 1.54) is 11.3 Å². The molecule has 3 rings (SSSR count). The number of thiophene rings is 1. The maximum Gasteiger partial charge on any atom is 0.324 e. The van der Waals surface area contributed by atoms with Crippen molar-refractivity contribution in [2.24, 2.45) is 5.41 Å². The van der Waals surface area contributed by atoms with E-state index in [0.29, 0.717) is 24.6 Å². The molecule has 0 saturated carbocycles. The Kier molecular flexibility index (Phi) is 4.67. The first kappa shape index (κ1) is 17.3. The molecule has 2 N–H and O–H groups in total. The molecular weight excluding hydrogens is 338 g/mol. The van der Waals surface area contributed by atoms with E-state index in [4.69, 9.17) is 4.74 Å². The van der Waals surface area contributed by atoms with E-state index in [1.807, 2.05) is 38.3 Å². The molecule has 1 aromatic carbocycles. The third-order valence-electron chi connectivity index (χ3n) is 4.00. The van der Waals surface area contributed by atoms with Gasteiger partial charge >= 0.3 is 6.03 Å². The smallest absolute Gasteiger partial charge is 0.324 e. The summed E-state index contributed by atoms with van der Waals surface area (Å²) < 4.78 is 5.86. The largest absolute Gasteiger partial charge is 0.490 e. The zero-order chi connectivity index (χ0) is 18.0. The molecule has 0 unspecified atom stereocenters. The number of nitrogens with zero attached hydrogens (tertiary/aromatic N) is 1. The Balaban J connectivity index is 1.81. The van der Waals surface area contributed by atoms with Gasteiger partial charge in [-0.2, -0.15) is 0 Å². The third-order valence-corrected chi connectivity index (χ3v) is 4.78. The summed E-state index contributed by atoms with van der Waals surface area (Å²) in [6.07, 6.45) is 0. The molecule has 1 aliphatic rings. The standard InChI is InChI=1S/C18H21N3O3S/c1-4-21-13-8-7-12(19-17(23)20-15-6-5-9-25-15)10-14(13)24-11-18(2,3)16(21)22/h5-10H,4,11H2,1-3H3,(H2,19,20,23). The Bertz CT molecular complexity index is 787. The first-order valence-electron chi connectivity index (χ1n) is 8.11. The number of rotatable bonds is 3. The molecular formula is C18H21N3O3S. The van der Waals surface area contributed by atoms with Crippen LogP contribution in [0.3, 0.4) is 0 Å². The van der Waals surface area contributed by atoms with E-state index in [0.717, 1.165) is 10.7 Å². The lowest BCUT2D eigenvalue weighted by Crippen LogP contribution is -2.42. The fraction of sp³-hybridized carbons (Fsp3) is 0.333. The van der Waals surface area contributed by atoms with E-state index < -0.39 is 5.41 Å². The van der Waals surface area contributed by atoms with Crippen LogP contribution in [0, 0.1) is 5.41 Å². The fourth-order valence-electron chi connectivity index (χ4n) is 2.66. The van der Waals surface area contributed by atoms with Gasteiger partial charge in [0.25, 0.3) is 0 Å². The minimum absolute atomic E-state index is 0.0323. The first-order chi connectivity index (χ1) is 11.9. The van der Waals surface area contributed by atoms with Gasteiger partial charge in [0, 0.05) is 18.3 Å². The number of hydrogen-bond acceptors (Lipinski definition) is 4. The number of hydrogen-bond donors (Lipinski definition) is 2. The van der Waals surface area contributed by atoms with Gasteiger partial charge in [-0.15, -0.1) is 11.3 Å². The Morgan fingerprint density at radius 3 is 2.80 bits per heavy atom. The molecule has 0 atom stereocenters. The predicted molar refractivity (Wildman–Crippen MR) is 101 cm³/mol. The van der Waals surface area contributed by atoms with Crippen molar-refractivity contribution < 1.29 is 14.3 Å². The van der Waals surface area contributed by atoms with Gasteiger partial charge < -0.3 is 15.0 Å². The van der Waals surface area contributed by atoms with Crippen molar-refractivity contribution in [1.82, 2.24) is 0 Å². The topological polar surface area (TPSA) is 70.7 Å². The van der Waals surface area contributed by atoms with Crippen molar-refractivity contribution in [2.75, 3.05) is 28.7 Å². The molecule has 1 aliphatic heterocycles. The highest BCUT2D eigenvalue weighted by Gasteiger charge is 2.37. The summed E-state index contributed by atoms with van der Waals surface area (Å²) in [5.74, 6) is 0.625. The van der Waals surface area contributed by atoms with Gasteiger partial charge in [0.05, 0.1) is 16.1 Å². The summed E-state index contributed by atoms with van der Waals surface area (Å²) in [5, 5.41) is 8.22. The second kappa shape index (κ2) is 6.76. The maximum atomic E-state index is 12.7. The molecule has 3 amide bonds. The zero-order valence-electron chi connectivity index (χ0n) is 14.5. The molecule has 1 aromatic heterocycles. The van der Waals surface area contributed by atoms with Gasteiger partial charge in [-0.05, 0) is 50.4 Å². The minimum atomic E-state index is -0.598. The van der Waals surface area contributed by atoms with Crippen LogP contribution in [0.2, 0.25) is 0 Å². The average Bonchev–Trinajstić information content (AvgIpc) is 3.04. The highest BCUT2D eigenvalue weighted by molar-refractivity contribution is 7.14. The third kappa shape index (κ3) is 3.61. The molecule has 2 heterocycles. The SMILES string of the molecule is CCN1C(=O)C(C)(C)COc2cc(NC(=O)Nc3cccs3)ccc21. The quantitative estimate of drug-likeness (QED) is 0.864. The monoisotopic (exact) mass is 359 g/mol. The molecule has 0 fully saturated rings. The number of nitrogens with one attached hydrogen (secondary N) is 2. The molecule has 132 valence electrons. The minimum Gasteiger partial charge on any atom is -0.490 e. The van der Waals surface area contributed by atoms with Crippen LogP contribution in [0.15, 0.2) is 35.7 Å². The lowest BCUT2D eigenvalue weighted by Gasteiger charge is -2.26. The fourth-order valence-corrected chi connectivity index (χ4v) is 3.28. The number of anilines is 3. The van der Waals surface area contributed by atoms with Crippen LogP contribution >= 0.6 is 11.3 Å². The van der Waals surface area contributed by atoms with Crippen LogP contribution in [0.5, 0.6) is 5.75 Å². The summed E-state index contributed by atoms with van der Waals surface area (Å²) in [6.45, 7) is 6.53. The summed E-state index contributed by atoms with van der Waals surface area (Å²) in [6, 6.07) is 8.70. The summed E-state index contributed by atoms with van der Waals surface area (Å²) >= 11 is 1.45. The van der Waals surface area contributed by atoms with Gasteiger partial charge in [-0.3, -0.25) is 10.1 Å². The van der Waals surface area contributed by atoms with E-state index in [1.54, 1.807) is 23.1 Å². The van der Waals surface area contributed by atoms with E-state index in [9.17, 15) is 9.59 Å². The number of benzene rings is 1. The van der Waals surface area contributed by atoms with Crippen LogP contribution < -0.4 is 20.3 Å². The highest BCUT2D eigenvalue weighted by Crippen LogP contribution is 2.38. The molecule has 0 spiro atoms. The predicted octanol–water partition coefficient (Wildman–Crippen LogP) is 4.16. The number of urea groups is 1. The summed E-state index contributed by atoms with van der Waals surface area (Å²) in [4.78, 5) is 26.5. The lowest BCUT2D eigenvalue weighted by atomic mass is 9.93. The van der Waals surface area contributed by atoms with Gasteiger partial charge in [0.15, 0.2) is 0 Å². The summed E-state index contributed by atoms with van der Waals surface area (Å²) in [7, 11) is 0. The lowest BCUT2D eigenvalue weighted by molar-refractivity contribution is -0.127. The second-order valence-electron chi connectivity index (χ2n) is 6.46. The highest BCUT2D eigenvalue weighted by atomic mass is 32.1. The van der Waals surface area contributed by atoms with E-state index in [2.05, 4.69) is 10.6 Å². The normalized spacial score (nSPS) is 15.8. The number of ether oxygens (including phenoxy) is 1. The number of fused-ring (bicyclic) bond motifs is 1. The van der Waals surface area contributed by atoms with Crippen LogP contribution in [0.4, 0.5) is 21.2 Å². The van der Waals surface area contributed by atoms with Gasteiger partial charge in [-0.25, -0.2) is 4.79 Å². The van der Waals surface area contributed by atoms with Crippen molar-refractivity contribution in [1.29, 1.82) is 0 Å². The molecule has 7 heteroatoms. The van der Waals surface area contributed by atoms with Gasteiger partial charge in [-0.1, -0.05) is 0 Å². The van der Waals surface area contributed by atoms with Crippen LogP contribution in [-0.2, 0) is 4.79 Å². The first-order valence-corrected chi connectivity index (χ1v) is 8.99. The summed E-state index contributed by atoms with van der Waals surface area (Å²) in [5.41, 5.74) is 0.734. The molecule has 2 aromatic rings. The Labute approximate surface area is 150 Å². The Morgan fingerprint density at radius 2 is 2.12 bits per heavy atom. The van der Waals surface area contributed by atoms with Gasteiger partial charge in [0.1, 0.15) is 12.4 Å². The van der Waals surface area contributed by atoms with Crippen molar-refractivity contribution in [3.63, 3.8) is 0 Å². The number of carbonyl (C=O) groups is 2. The Hall–Kier alpha value is -2.54. The number of amides is 3. The molecule has 0 bridgehead atoms. The van der Waals surface area contributed by atoms with Crippen LogP contribution in [0.25, 0.3) is 0 Å². The second-order valence-corrected chi connectivity index (χ2v) is 7.41.